The topological polar surface area (TPSA) is 37.4 Å². The standard InChI is InChI=1S/C23H46O.C16H34S.C16H32.C10H22.C8H15NO/c1-4-7-10-11-12-15-20-23(24)21-16-19-22(17-13-8-5-2)18-14-9-6-3;1-4-7-8-9-10-11-12-13-16(6-3)15-17-14-5-2;1-4-7-10-13-16(14-11-8-5-2)15-12-9-6-3;1-3-5-7-9-10-8-6-4-2;1-7(10)8-3-5-9(2)6-4-8/h22H,4-21H2,1-3H3;16H,4-15H2,1-3H3;4,16H,1,5-15H2,2-3H3;3-10H2,1-2H3;8H,3-6H2,1-2H3. The van der Waals surface area contributed by atoms with Gasteiger partial charge in [0.2, 0.25) is 0 Å². The molecule has 77 heavy (non-hydrogen) atoms. The number of piperidine rings is 1. The zero-order valence-electron chi connectivity index (χ0n) is 55.7. The summed E-state index contributed by atoms with van der Waals surface area (Å²) in [5.41, 5.74) is 0. The molecule has 0 saturated carbocycles. The summed E-state index contributed by atoms with van der Waals surface area (Å²) >= 11 is 2.16. The van der Waals surface area contributed by atoms with Crippen LogP contribution in [0.15, 0.2) is 12.7 Å². The molecule has 1 fully saturated rings. The van der Waals surface area contributed by atoms with Crippen LogP contribution in [0.3, 0.4) is 0 Å². The number of carbonyl (C=O) groups is 2. The molecule has 0 spiro atoms. The number of thioether (sulfide) groups is 1. The van der Waals surface area contributed by atoms with Crippen molar-refractivity contribution >= 4 is 23.3 Å². The first kappa shape index (κ1) is 82.9. The van der Waals surface area contributed by atoms with Gasteiger partial charge in [-0.05, 0) is 108 Å². The Morgan fingerprint density at radius 2 is 0.740 bits per heavy atom. The van der Waals surface area contributed by atoms with E-state index in [0.29, 0.717) is 17.5 Å². The molecule has 0 bridgehead atoms. The molecule has 4 heteroatoms. The van der Waals surface area contributed by atoms with Crippen molar-refractivity contribution in [1.82, 2.24) is 4.90 Å². The maximum atomic E-state index is 12.0. The third-order valence-electron chi connectivity index (χ3n) is 16.5. The highest BCUT2D eigenvalue weighted by molar-refractivity contribution is 7.99. The molecule has 3 nitrogen and oxygen atoms in total. The van der Waals surface area contributed by atoms with Crippen molar-refractivity contribution in [1.29, 1.82) is 0 Å². The Morgan fingerprint density at radius 1 is 0.429 bits per heavy atom. The van der Waals surface area contributed by atoms with Crippen molar-refractivity contribution in [3.63, 3.8) is 0 Å². The summed E-state index contributed by atoms with van der Waals surface area (Å²) in [6, 6.07) is 0. The molecule has 0 amide bonds. The van der Waals surface area contributed by atoms with Gasteiger partial charge in [0.1, 0.15) is 11.6 Å². The van der Waals surface area contributed by atoms with Crippen LogP contribution in [0.25, 0.3) is 0 Å². The van der Waals surface area contributed by atoms with Crippen LogP contribution >= 0.6 is 11.8 Å². The zero-order valence-corrected chi connectivity index (χ0v) is 56.6. The van der Waals surface area contributed by atoms with E-state index in [9.17, 15) is 9.59 Å². The van der Waals surface area contributed by atoms with Crippen LogP contribution < -0.4 is 0 Å². The highest BCUT2D eigenvalue weighted by atomic mass is 32.2. The Bertz CT molecular complexity index is 1060. The summed E-state index contributed by atoms with van der Waals surface area (Å²) in [6.45, 7) is 30.6. The number of ketones is 2. The lowest BCUT2D eigenvalue weighted by atomic mass is 9.90. The number of allylic oxidation sites excluding steroid dienone is 1. The SMILES string of the molecule is C=CCCCC(CCCCC)CCCCC.CC(=O)C1CCN(C)CC1.CCCCCCCCC(=O)CCCC(CCCCC)CCCCC.CCCCCCCCCC.CCCCCCCCCC(CC)CSCCC. The molecule has 0 radical (unpaired) electrons. The number of Topliss-reactive ketones (excluding diaryl/α,β-unsaturated/α-hetero) is 2. The lowest BCUT2D eigenvalue weighted by Gasteiger charge is -2.26. The Hall–Kier alpha value is -0.610. The lowest BCUT2D eigenvalue weighted by Crippen LogP contribution is -2.32. The van der Waals surface area contributed by atoms with Crippen LogP contribution in [0, 0.1) is 23.7 Å². The van der Waals surface area contributed by atoms with E-state index < -0.39 is 0 Å². The Labute approximate surface area is 494 Å². The molecular formula is C73H149NO2S. The van der Waals surface area contributed by atoms with Crippen molar-refractivity contribution in [2.45, 2.75) is 391 Å². The second-order valence-corrected chi connectivity index (χ2v) is 25.6. The average molecular weight is 1110 g/mol. The molecule has 0 aromatic carbocycles. The van der Waals surface area contributed by atoms with Gasteiger partial charge in [0.05, 0.1) is 0 Å². The fourth-order valence-corrected chi connectivity index (χ4v) is 12.0. The highest BCUT2D eigenvalue weighted by Crippen LogP contribution is 2.25. The van der Waals surface area contributed by atoms with Crippen LogP contribution in [0.1, 0.15) is 391 Å². The first-order valence-corrected chi connectivity index (χ1v) is 36.6. The van der Waals surface area contributed by atoms with Crippen molar-refractivity contribution < 1.29 is 9.59 Å². The molecule has 0 N–H and O–H groups in total. The van der Waals surface area contributed by atoms with Gasteiger partial charge < -0.3 is 4.90 Å². The number of hydrogen-bond acceptors (Lipinski definition) is 4. The minimum Gasteiger partial charge on any atom is -0.306 e. The number of rotatable bonds is 52. The fraction of sp³-hybridized carbons (Fsp3) is 0.945. The van der Waals surface area contributed by atoms with E-state index in [2.05, 4.69) is 106 Å². The van der Waals surface area contributed by atoms with Gasteiger partial charge in [-0.3, -0.25) is 9.59 Å². The van der Waals surface area contributed by atoms with E-state index in [0.717, 1.165) is 69.4 Å². The van der Waals surface area contributed by atoms with Gasteiger partial charge in [-0.2, -0.15) is 11.8 Å². The van der Waals surface area contributed by atoms with Gasteiger partial charge in [0.25, 0.3) is 0 Å². The molecule has 1 saturated heterocycles. The number of hydrogen-bond donors (Lipinski definition) is 0. The predicted molar refractivity (Wildman–Crippen MR) is 358 cm³/mol. The lowest BCUT2D eigenvalue weighted by molar-refractivity contribution is -0.122. The summed E-state index contributed by atoms with van der Waals surface area (Å²) in [5, 5.41) is 0. The average Bonchev–Trinajstić information content (AvgIpc) is 3.43. The van der Waals surface area contributed by atoms with Crippen molar-refractivity contribution in [2.24, 2.45) is 23.7 Å². The van der Waals surface area contributed by atoms with E-state index >= 15 is 0 Å². The van der Waals surface area contributed by atoms with Crippen molar-refractivity contribution in [3.8, 4) is 0 Å². The molecular weight excluding hydrogens is 955 g/mol. The minimum atomic E-state index is 0.358. The van der Waals surface area contributed by atoms with Crippen LogP contribution in [-0.2, 0) is 9.59 Å². The van der Waals surface area contributed by atoms with Crippen molar-refractivity contribution in [3.05, 3.63) is 12.7 Å². The summed E-state index contributed by atoms with van der Waals surface area (Å²) in [7, 11) is 2.11. The smallest absolute Gasteiger partial charge is 0.133 e. The molecule has 1 aliphatic rings. The predicted octanol–water partition coefficient (Wildman–Crippen LogP) is 25.7. The van der Waals surface area contributed by atoms with Crippen LogP contribution in [0.4, 0.5) is 0 Å². The second-order valence-electron chi connectivity index (χ2n) is 24.5. The van der Waals surface area contributed by atoms with Gasteiger partial charge in [-0.15, -0.1) is 6.58 Å². The number of nitrogens with zero attached hydrogens (tertiary/aromatic N) is 1. The number of unbranched alkanes of at least 4 members (excludes halogenated alkanes) is 27. The third kappa shape index (κ3) is 71.4. The van der Waals surface area contributed by atoms with Crippen LogP contribution in [0.5, 0.6) is 0 Å². The molecule has 1 rings (SSSR count). The maximum absolute atomic E-state index is 12.0. The first-order valence-electron chi connectivity index (χ1n) is 35.4. The first-order chi connectivity index (χ1) is 37.5. The van der Waals surface area contributed by atoms with Gasteiger partial charge in [-0.1, -0.05) is 326 Å². The van der Waals surface area contributed by atoms with E-state index in [1.807, 2.05) is 0 Å². The quantitative estimate of drug-likeness (QED) is 0.0449. The number of likely N-dealkylation sites (tertiary alicyclic amines) is 1. The fourth-order valence-electron chi connectivity index (χ4n) is 10.8. The van der Waals surface area contributed by atoms with Crippen molar-refractivity contribution in [2.75, 3.05) is 31.6 Å². The van der Waals surface area contributed by atoms with E-state index in [4.69, 9.17) is 0 Å². The molecule has 0 aliphatic carbocycles. The van der Waals surface area contributed by atoms with E-state index in [-0.39, 0.29) is 0 Å². The summed E-state index contributed by atoms with van der Waals surface area (Å²) in [6.07, 6.45) is 68.1. The van der Waals surface area contributed by atoms with Crippen LogP contribution in [0.2, 0.25) is 0 Å². The van der Waals surface area contributed by atoms with Gasteiger partial charge in [0, 0.05) is 18.8 Å². The molecule has 464 valence electrons. The monoisotopic (exact) mass is 1100 g/mol. The maximum Gasteiger partial charge on any atom is 0.133 e. The van der Waals surface area contributed by atoms with E-state index in [1.54, 1.807) is 6.92 Å². The Balaban J connectivity index is -0.000000449. The van der Waals surface area contributed by atoms with Gasteiger partial charge in [0.15, 0.2) is 0 Å². The normalized spacial score (nSPS) is 13.0. The number of carbonyl (C=O) groups excluding carboxylic acids is 2. The van der Waals surface area contributed by atoms with E-state index in [1.165, 1.54) is 288 Å². The Kier molecular flexibility index (Phi) is 79.0. The van der Waals surface area contributed by atoms with Gasteiger partial charge >= 0.3 is 0 Å². The zero-order chi connectivity index (χ0) is 57.9. The summed E-state index contributed by atoms with van der Waals surface area (Å²) in [5.74, 6) is 6.87. The Morgan fingerprint density at radius 3 is 1.10 bits per heavy atom. The molecule has 1 atom stereocenters. The molecule has 1 heterocycles. The highest BCUT2D eigenvalue weighted by Gasteiger charge is 2.19. The third-order valence-corrected chi connectivity index (χ3v) is 17.9. The minimum absolute atomic E-state index is 0.358. The molecule has 0 aromatic rings. The summed E-state index contributed by atoms with van der Waals surface area (Å²) < 4.78 is 0. The molecule has 0 aromatic heterocycles. The molecule has 1 unspecified atom stereocenters. The van der Waals surface area contributed by atoms with Crippen LogP contribution in [-0.4, -0.2) is 48.1 Å². The molecule has 1 aliphatic heterocycles. The van der Waals surface area contributed by atoms with Gasteiger partial charge in [-0.25, -0.2) is 0 Å². The largest absolute Gasteiger partial charge is 0.306 e. The summed E-state index contributed by atoms with van der Waals surface area (Å²) in [4.78, 5) is 25.2. The second kappa shape index (κ2) is 73.4.